The van der Waals surface area contributed by atoms with Crippen LogP contribution in [-0.4, -0.2) is 34.4 Å². The highest BCUT2D eigenvalue weighted by Crippen LogP contribution is 2.35. The summed E-state index contributed by atoms with van der Waals surface area (Å²) in [6.07, 6.45) is 1.47. The van der Waals surface area contributed by atoms with Gasteiger partial charge in [-0.1, -0.05) is 36.4 Å². The van der Waals surface area contributed by atoms with Crippen LogP contribution in [0.1, 0.15) is 11.1 Å². The topological polar surface area (TPSA) is 123 Å². The van der Waals surface area contributed by atoms with Gasteiger partial charge in [0.05, 0.1) is 22.1 Å². The first-order valence-electron chi connectivity index (χ1n) is 10.1. The third-order valence-corrected chi connectivity index (χ3v) is 7.00. The molecule has 33 heavy (non-hydrogen) atoms. The molecule has 5 rings (SSSR count). The van der Waals surface area contributed by atoms with E-state index < -0.39 is 9.84 Å². The highest BCUT2D eigenvalue weighted by Gasteiger charge is 2.30. The van der Waals surface area contributed by atoms with E-state index in [4.69, 9.17) is 5.73 Å². The third kappa shape index (κ3) is 3.58. The summed E-state index contributed by atoms with van der Waals surface area (Å²) >= 11 is 0. The van der Waals surface area contributed by atoms with Crippen LogP contribution in [0.4, 0.5) is 5.82 Å². The van der Waals surface area contributed by atoms with Crippen LogP contribution in [0.3, 0.4) is 0 Å². The Morgan fingerprint density at radius 1 is 0.970 bits per heavy atom. The minimum absolute atomic E-state index is 0.0813. The molecule has 2 heterocycles. The van der Waals surface area contributed by atoms with Crippen LogP contribution >= 0.6 is 0 Å². The first-order chi connectivity index (χ1) is 15.8. The summed E-state index contributed by atoms with van der Waals surface area (Å²) in [4.78, 5) is 9.16. The Kier molecular flexibility index (Phi) is 4.83. The molecular formula is C24H19N5O3S. The number of phenols is 1. The number of nitrogen functional groups attached to an aromatic ring is 1. The molecule has 0 aliphatic heterocycles. The second-order valence-electron chi connectivity index (χ2n) is 7.57. The van der Waals surface area contributed by atoms with E-state index in [1.54, 1.807) is 48.5 Å². The van der Waals surface area contributed by atoms with Crippen molar-refractivity contribution >= 4 is 44.1 Å². The van der Waals surface area contributed by atoms with Crippen LogP contribution in [0.2, 0.25) is 0 Å². The molecular weight excluding hydrogens is 438 g/mol. The number of para-hydroxylation sites is 2. The van der Waals surface area contributed by atoms with Gasteiger partial charge in [0.25, 0.3) is 0 Å². The lowest BCUT2D eigenvalue weighted by molar-refractivity contribution is 0.475. The number of phenolic OH excluding ortho intramolecular Hbond substituents is 1. The van der Waals surface area contributed by atoms with Crippen LogP contribution in [0, 0.1) is 6.92 Å². The second kappa shape index (κ2) is 7.72. The summed E-state index contributed by atoms with van der Waals surface area (Å²) in [5.74, 6) is -0.0176. The lowest BCUT2D eigenvalue weighted by Gasteiger charge is -2.06. The predicted octanol–water partition coefficient (Wildman–Crippen LogP) is 3.90. The van der Waals surface area contributed by atoms with Crippen molar-refractivity contribution in [1.29, 1.82) is 0 Å². The van der Waals surface area contributed by atoms with Gasteiger partial charge in [0, 0.05) is 0 Å². The number of nitrogens with two attached hydrogens (primary N) is 1. The highest BCUT2D eigenvalue weighted by atomic mass is 32.2. The molecule has 0 saturated heterocycles. The molecule has 164 valence electrons. The van der Waals surface area contributed by atoms with Gasteiger partial charge < -0.3 is 10.8 Å². The van der Waals surface area contributed by atoms with E-state index in [2.05, 4.69) is 15.1 Å². The monoisotopic (exact) mass is 457 g/mol. The maximum Gasteiger partial charge on any atom is 0.212 e. The molecule has 0 bridgehead atoms. The molecule has 0 radical (unpaired) electrons. The van der Waals surface area contributed by atoms with Crippen LogP contribution in [0.15, 0.2) is 87.7 Å². The van der Waals surface area contributed by atoms with Gasteiger partial charge in [0.2, 0.25) is 9.84 Å². The number of nitrogens with zero attached hydrogens (tertiary/aromatic N) is 4. The number of benzene rings is 3. The molecule has 2 aromatic heterocycles. The Labute approximate surface area is 189 Å². The fourth-order valence-electron chi connectivity index (χ4n) is 3.63. The first-order valence-corrected chi connectivity index (χ1v) is 11.5. The molecule has 0 amide bonds. The van der Waals surface area contributed by atoms with Crippen molar-refractivity contribution in [1.82, 2.24) is 14.6 Å². The Morgan fingerprint density at radius 3 is 2.42 bits per heavy atom. The molecule has 0 unspecified atom stereocenters. The largest absolute Gasteiger partial charge is 0.508 e. The smallest absolute Gasteiger partial charge is 0.212 e. The number of fused-ring (bicyclic) bond motifs is 2. The Balaban J connectivity index is 1.81. The number of aromatic hydroxyl groups is 1. The molecule has 0 saturated carbocycles. The standard InChI is InChI=1S/C24H19N5O3S/c1-15-6-4-9-18(12-15)33(31,32)22-21-24(28-20-11-3-2-10-19(20)27-21)29(23(22)25)26-14-16-7-5-8-17(30)13-16/h2-14,30H,25H2,1H3/b26-14-. The van der Waals surface area contributed by atoms with Crippen molar-refractivity contribution in [3.63, 3.8) is 0 Å². The SMILES string of the molecule is Cc1cccc(S(=O)(=O)c2c(N)n(/N=C\c3cccc(O)c3)c3nc4ccccc4nc23)c1. The van der Waals surface area contributed by atoms with Crippen molar-refractivity contribution in [2.75, 3.05) is 5.73 Å². The molecule has 0 fully saturated rings. The zero-order valence-electron chi connectivity index (χ0n) is 17.5. The van der Waals surface area contributed by atoms with E-state index in [1.165, 1.54) is 23.0 Å². The molecule has 5 aromatic rings. The van der Waals surface area contributed by atoms with Gasteiger partial charge in [-0.15, -0.1) is 0 Å². The van der Waals surface area contributed by atoms with Gasteiger partial charge in [-0.05, 0) is 54.4 Å². The fraction of sp³-hybridized carbons (Fsp3) is 0.0417. The number of hydrogen-bond donors (Lipinski definition) is 2. The van der Waals surface area contributed by atoms with Crippen molar-refractivity contribution in [2.45, 2.75) is 16.7 Å². The summed E-state index contributed by atoms with van der Waals surface area (Å²) in [7, 11) is -4.02. The molecule has 0 aliphatic carbocycles. The van der Waals surface area contributed by atoms with Gasteiger partial charge in [-0.3, -0.25) is 0 Å². The predicted molar refractivity (Wildman–Crippen MR) is 127 cm³/mol. The minimum Gasteiger partial charge on any atom is -0.508 e. The highest BCUT2D eigenvalue weighted by molar-refractivity contribution is 7.92. The molecule has 0 spiro atoms. The number of hydrogen-bond acceptors (Lipinski definition) is 7. The van der Waals surface area contributed by atoms with E-state index in [0.29, 0.717) is 16.6 Å². The Hall–Kier alpha value is -4.24. The average molecular weight is 458 g/mol. The summed E-state index contributed by atoms with van der Waals surface area (Å²) < 4.78 is 28.6. The average Bonchev–Trinajstić information content (AvgIpc) is 3.07. The van der Waals surface area contributed by atoms with E-state index in [1.807, 2.05) is 19.1 Å². The number of aromatic nitrogens is 3. The summed E-state index contributed by atoms with van der Waals surface area (Å²) in [6.45, 7) is 1.82. The number of anilines is 1. The minimum atomic E-state index is -4.02. The number of rotatable bonds is 4. The van der Waals surface area contributed by atoms with E-state index in [9.17, 15) is 13.5 Å². The summed E-state index contributed by atoms with van der Waals surface area (Å²) in [5.41, 5.74) is 9.26. The normalized spacial score (nSPS) is 12.2. The van der Waals surface area contributed by atoms with Crippen LogP contribution in [-0.2, 0) is 9.84 Å². The zero-order chi connectivity index (χ0) is 23.2. The van der Waals surface area contributed by atoms with Crippen molar-refractivity contribution in [3.8, 4) is 5.75 Å². The zero-order valence-corrected chi connectivity index (χ0v) is 18.4. The second-order valence-corrected chi connectivity index (χ2v) is 9.46. The molecule has 9 heteroatoms. The maximum absolute atomic E-state index is 13.6. The van der Waals surface area contributed by atoms with Crippen molar-refractivity contribution < 1.29 is 13.5 Å². The quantitative estimate of drug-likeness (QED) is 0.395. The lowest BCUT2D eigenvalue weighted by atomic mass is 10.2. The van der Waals surface area contributed by atoms with E-state index in [0.717, 1.165) is 5.56 Å². The van der Waals surface area contributed by atoms with Gasteiger partial charge in [0.15, 0.2) is 5.65 Å². The maximum atomic E-state index is 13.6. The van der Waals surface area contributed by atoms with Crippen molar-refractivity contribution in [2.24, 2.45) is 5.10 Å². The van der Waals surface area contributed by atoms with E-state index in [-0.39, 0.29) is 32.5 Å². The Bertz CT molecular complexity index is 1670. The molecule has 3 aromatic carbocycles. The lowest BCUT2D eigenvalue weighted by Crippen LogP contribution is -2.07. The fourth-order valence-corrected chi connectivity index (χ4v) is 5.22. The summed E-state index contributed by atoms with van der Waals surface area (Å²) in [6, 6.07) is 20.3. The van der Waals surface area contributed by atoms with Crippen LogP contribution < -0.4 is 5.73 Å². The first kappa shape index (κ1) is 20.7. The Morgan fingerprint density at radius 2 is 1.70 bits per heavy atom. The molecule has 0 aliphatic rings. The van der Waals surface area contributed by atoms with Crippen molar-refractivity contribution in [3.05, 3.63) is 83.9 Å². The van der Waals surface area contributed by atoms with Gasteiger partial charge in [0.1, 0.15) is 22.0 Å². The van der Waals surface area contributed by atoms with Gasteiger partial charge in [-0.2, -0.15) is 9.78 Å². The van der Waals surface area contributed by atoms with Crippen LogP contribution in [0.5, 0.6) is 5.75 Å². The van der Waals surface area contributed by atoms with Gasteiger partial charge in [-0.25, -0.2) is 18.4 Å². The molecule has 0 atom stereocenters. The molecule has 3 N–H and O–H groups in total. The number of aryl methyl sites for hydroxylation is 1. The van der Waals surface area contributed by atoms with Gasteiger partial charge >= 0.3 is 0 Å². The number of sulfone groups is 1. The third-order valence-electron chi connectivity index (χ3n) is 5.19. The summed E-state index contributed by atoms with van der Waals surface area (Å²) in [5, 5.41) is 14.1. The van der Waals surface area contributed by atoms with E-state index >= 15 is 0 Å². The van der Waals surface area contributed by atoms with Crippen LogP contribution in [0.25, 0.3) is 22.2 Å². The molecule has 8 nitrogen and oxygen atoms in total.